The van der Waals surface area contributed by atoms with E-state index in [9.17, 15) is 9.90 Å². The zero-order valence-corrected chi connectivity index (χ0v) is 10.6. The maximum absolute atomic E-state index is 12.4. The minimum Gasteiger partial charge on any atom is -0.508 e. The van der Waals surface area contributed by atoms with Crippen LogP contribution in [-0.4, -0.2) is 10.9 Å². The van der Waals surface area contributed by atoms with Crippen LogP contribution in [0.4, 0.5) is 0 Å². The number of phenols is 1. The minimum atomic E-state index is -0.156. The van der Waals surface area contributed by atoms with Crippen molar-refractivity contribution in [2.75, 3.05) is 0 Å². The van der Waals surface area contributed by atoms with Crippen molar-refractivity contribution >= 4 is 5.78 Å². The molecule has 0 aliphatic heterocycles. The summed E-state index contributed by atoms with van der Waals surface area (Å²) in [5.41, 5.74) is 0.965. The van der Waals surface area contributed by atoms with Crippen molar-refractivity contribution in [3.05, 3.63) is 72.0 Å². The van der Waals surface area contributed by atoms with E-state index in [-0.39, 0.29) is 11.5 Å². The molecule has 0 radical (unpaired) electrons. The summed E-state index contributed by atoms with van der Waals surface area (Å²) in [5.74, 6) is 0.645. The van der Waals surface area contributed by atoms with Crippen LogP contribution >= 0.6 is 0 Å². The summed E-state index contributed by atoms with van der Waals surface area (Å²) in [4.78, 5) is 12.4. The molecule has 96 valence electrons. The predicted molar refractivity (Wildman–Crippen MR) is 73.4 cm³/mol. The van der Waals surface area contributed by atoms with Crippen LogP contribution in [0.15, 0.2) is 60.9 Å². The lowest BCUT2D eigenvalue weighted by Gasteiger charge is -2.10. The molecule has 0 amide bonds. The summed E-state index contributed by atoms with van der Waals surface area (Å²) in [5, 5.41) is 9.48. The molecule has 0 fully saturated rings. The Hall–Kier alpha value is -2.55. The number of ketones is 1. The molecule has 0 spiro atoms. The van der Waals surface area contributed by atoms with Gasteiger partial charge >= 0.3 is 0 Å². The van der Waals surface area contributed by atoms with Gasteiger partial charge in [0.25, 0.3) is 0 Å². The van der Waals surface area contributed by atoms with Crippen molar-refractivity contribution in [3.8, 4) is 11.5 Å². The third-order valence-corrected chi connectivity index (χ3v) is 2.53. The second-order valence-corrected chi connectivity index (χ2v) is 4.18. The fourth-order valence-electron chi connectivity index (χ4n) is 1.72. The second kappa shape index (κ2) is 5.40. The Labute approximate surface area is 111 Å². The molecule has 0 atom stereocenters. The zero-order chi connectivity index (χ0) is 13.8. The average molecular weight is 254 g/mol. The van der Waals surface area contributed by atoms with Crippen molar-refractivity contribution in [1.82, 2.24) is 0 Å². The normalized spacial score (nSPS) is 9.95. The highest BCUT2D eigenvalue weighted by Gasteiger charge is 2.15. The van der Waals surface area contributed by atoms with E-state index in [4.69, 9.17) is 4.74 Å². The molecule has 3 nitrogen and oxygen atoms in total. The van der Waals surface area contributed by atoms with E-state index in [1.54, 1.807) is 37.3 Å². The molecule has 2 aromatic carbocycles. The van der Waals surface area contributed by atoms with Gasteiger partial charge < -0.3 is 9.84 Å². The van der Waals surface area contributed by atoms with Crippen LogP contribution in [0.1, 0.15) is 22.8 Å². The number of allylic oxidation sites excluding steroid dienone is 1. The molecule has 2 aromatic rings. The van der Waals surface area contributed by atoms with Gasteiger partial charge in [0.2, 0.25) is 0 Å². The van der Waals surface area contributed by atoms with Gasteiger partial charge in [0, 0.05) is 11.6 Å². The molecule has 0 aliphatic carbocycles. The highest BCUT2D eigenvalue weighted by molar-refractivity contribution is 6.10. The molecular weight excluding hydrogens is 240 g/mol. The SMILES string of the molecule is C=C(C)Oc1cc(O)ccc1C(=O)c1ccccc1. The van der Waals surface area contributed by atoms with Gasteiger partial charge in [-0.3, -0.25) is 4.79 Å². The van der Waals surface area contributed by atoms with Crippen molar-refractivity contribution < 1.29 is 14.6 Å². The van der Waals surface area contributed by atoms with Gasteiger partial charge in [-0.25, -0.2) is 0 Å². The number of rotatable bonds is 4. The van der Waals surface area contributed by atoms with Crippen LogP contribution in [0.5, 0.6) is 11.5 Å². The van der Waals surface area contributed by atoms with Gasteiger partial charge in [-0.2, -0.15) is 0 Å². The van der Waals surface area contributed by atoms with Crippen LogP contribution in [0.3, 0.4) is 0 Å². The molecule has 1 N–H and O–H groups in total. The second-order valence-electron chi connectivity index (χ2n) is 4.18. The Kier molecular flexibility index (Phi) is 3.66. The number of benzene rings is 2. The van der Waals surface area contributed by atoms with E-state index in [1.807, 2.05) is 6.07 Å². The number of hydrogen-bond acceptors (Lipinski definition) is 3. The molecule has 0 bridgehead atoms. The molecular formula is C16H14O3. The zero-order valence-electron chi connectivity index (χ0n) is 10.6. The van der Waals surface area contributed by atoms with Gasteiger partial charge in [0.1, 0.15) is 11.5 Å². The Bertz CT molecular complexity index is 615. The maximum Gasteiger partial charge on any atom is 0.196 e. The molecule has 0 heterocycles. The van der Waals surface area contributed by atoms with E-state index in [2.05, 4.69) is 6.58 Å². The highest BCUT2D eigenvalue weighted by Crippen LogP contribution is 2.27. The van der Waals surface area contributed by atoms with E-state index < -0.39 is 0 Å². The van der Waals surface area contributed by atoms with Crippen LogP contribution < -0.4 is 4.74 Å². The van der Waals surface area contributed by atoms with Crippen LogP contribution in [-0.2, 0) is 0 Å². The summed E-state index contributed by atoms with van der Waals surface area (Å²) in [7, 11) is 0. The summed E-state index contributed by atoms with van der Waals surface area (Å²) < 4.78 is 5.39. The van der Waals surface area contributed by atoms with Gasteiger partial charge in [-0.1, -0.05) is 36.9 Å². The number of aromatic hydroxyl groups is 1. The van der Waals surface area contributed by atoms with Crippen LogP contribution in [0.25, 0.3) is 0 Å². The Morgan fingerprint density at radius 3 is 2.47 bits per heavy atom. The van der Waals surface area contributed by atoms with Crippen molar-refractivity contribution in [2.45, 2.75) is 6.92 Å². The quantitative estimate of drug-likeness (QED) is 0.670. The topological polar surface area (TPSA) is 46.5 Å². The first-order chi connectivity index (χ1) is 9.08. The summed E-state index contributed by atoms with van der Waals surface area (Å²) >= 11 is 0. The van der Waals surface area contributed by atoms with Gasteiger partial charge in [-0.15, -0.1) is 0 Å². The van der Waals surface area contributed by atoms with Crippen LogP contribution in [0.2, 0.25) is 0 Å². The first-order valence-corrected chi connectivity index (χ1v) is 5.84. The molecule has 0 aliphatic rings. The van der Waals surface area contributed by atoms with Crippen LogP contribution in [0, 0.1) is 0 Å². The summed E-state index contributed by atoms with van der Waals surface area (Å²) in [6, 6.07) is 13.3. The first kappa shape index (κ1) is 12.9. The number of hydrogen-bond donors (Lipinski definition) is 1. The minimum absolute atomic E-state index is 0.0425. The third kappa shape index (κ3) is 3.01. The average Bonchev–Trinajstić information content (AvgIpc) is 2.38. The molecule has 2 rings (SSSR count). The lowest BCUT2D eigenvalue weighted by atomic mass is 10.0. The fourth-order valence-corrected chi connectivity index (χ4v) is 1.72. The maximum atomic E-state index is 12.4. The molecule has 19 heavy (non-hydrogen) atoms. The first-order valence-electron chi connectivity index (χ1n) is 5.84. The molecule has 0 aromatic heterocycles. The highest BCUT2D eigenvalue weighted by atomic mass is 16.5. The standard InChI is InChI=1S/C16H14O3/c1-11(2)19-15-10-13(17)8-9-14(15)16(18)12-6-4-3-5-7-12/h3-10,17H,1H2,2H3. The number of carbonyl (C=O) groups excluding carboxylic acids is 1. The van der Waals surface area contributed by atoms with Crippen molar-refractivity contribution in [2.24, 2.45) is 0 Å². The fraction of sp³-hybridized carbons (Fsp3) is 0.0625. The largest absolute Gasteiger partial charge is 0.508 e. The monoisotopic (exact) mass is 254 g/mol. The van der Waals surface area contributed by atoms with E-state index >= 15 is 0 Å². The lowest BCUT2D eigenvalue weighted by molar-refractivity contribution is 0.103. The molecule has 3 heteroatoms. The molecule has 0 unspecified atom stereocenters. The Balaban J connectivity index is 2.44. The number of carbonyl (C=O) groups is 1. The van der Waals surface area contributed by atoms with Gasteiger partial charge in [0.05, 0.1) is 11.3 Å². The third-order valence-electron chi connectivity index (χ3n) is 2.53. The number of phenolic OH excluding ortho intramolecular Hbond substituents is 1. The lowest BCUT2D eigenvalue weighted by Crippen LogP contribution is -2.04. The summed E-state index contributed by atoms with van der Waals surface area (Å²) in [6.45, 7) is 5.32. The van der Waals surface area contributed by atoms with E-state index in [0.717, 1.165) is 0 Å². The van der Waals surface area contributed by atoms with Gasteiger partial charge in [-0.05, 0) is 19.1 Å². The smallest absolute Gasteiger partial charge is 0.196 e. The number of ether oxygens (including phenoxy) is 1. The van der Waals surface area contributed by atoms with E-state index in [1.165, 1.54) is 12.1 Å². The van der Waals surface area contributed by atoms with Gasteiger partial charge in [0.15, 0.2) is 5.78 Å². The van der Waals surface area contributed by atoms with E-state index in [0.29, 0.717) is 22.6 Å². The Morgan fingerprint density at radius 1 is 1.16 bits per heavy atom. The molecule has 0 saturated carbocycles. The Morgan fingerprint density at radius 2 is 1.84 bits per heavy atom. The summed E-state index contributed by atoms with van der Waals surface area (Å²) in [6.07, 6.45) is 0. The van der Waals surface area contributed by atoms with Crippen molar-refractivity contribution in [1.29, 1.82) is 0 Å². The molecule has 0 saturated heterocycles. The van der Waals surface area contributed by atoms with Crippen molar-refractivity contribution in [3.63, 3.8) is 0 Å². The predicted octanol–water partition coefficient (Wildman–Crippen LogP) is 3.54.